The Kier molecular flexibility index (Phi) is 10.2. The van der Waals surface area contributed by atoms with E-state index < -0.39 is 0 Å². The second-order valence-corrected chi connectivity index (χ2v) is 6.20. The minimum Gasteiger partial charge on any atom is -0.316 e. The Hall–Kier alpha value is -0.860. The number of nitrogens with zero attached hydrogens (tertiary/aromatic N) is 1. The summed E-state index contributed by atoms with van der Waals surface area (Å²) in [4.78, 5) is 2.41. The molecule has 0 saturated carbocycles. The van der Waals surface area contributed by atoms with Gasteiger partial charge in [0.15, 0.2) is 0 Å². The molecule has 1 aromatic carbocycles. The van der Waals surface area contributed by atoms with Crippen molar-refractivity contribution in [1.29, 1.82) is 0 Å². The smallest absolute Gasteiger partial charge is 0.0230 e. The highest BCUT2D eigenvalue weighted by Crippen LogP contribution is 2.11. The van der Waals surface area contributed by atoms with Crippen LogP contribution in [0, 0.1) is 5.92 Å². The summed E-state index contributed by atoms with van der Waals surface area (Å²) in [5.41, 5.74) is 1.40. The van der Waals surface area contributed by atoms with E-state index in [4.69, 9.17) is 0 Å². The van der Waals surface area contributed by atoms with Crippen LogP contribution < -0.4 is 5.32 Å². The molecular formula is C19H34N2. The molecule has 0 aliphatic rings. The van der Waals surface area contributed by atoms with Crippen molar-refractivity contribution < 1.29 is 0 Å². The Labute approximate surface area is 131 Å². The summed E-state index contributed by atoms with van der Waals surface area (Å²) in [7, 11) is 2.21. The van der Waals surface area contributed by atoms with Crippen LogP contribution in [0.3, 0.4) is 0 Å². The fraction of sp³-hybridized carbons (Fsp3) is 0.684. The molecule has 0 spiro atoms. The fourth-order valence-electron chi connectivity index (χ4n) is 2.70. The van der Waals surface area contributed by atoms with Gasteiger partial charge in [-0.1, -0.05) is 63.4 Å². The van der Waals surface area contributed by atoms with Gasteiger partial charge in [0.05, 0.1) is 0 Å². The molecule has 0 bridgehead atoms. The van der Waals surface area contributed by atoms with Crippen molar-refractivity contribution in [2.24, 2.45) is 5.92 Å². The topological polar surface area (TPSA) is 15.3 Å². The first-order valence-corrected chi connectivity index (χ1v) is 8.69. The zero-order valence-corrected chi connectivity index (χ0v) is 14.3. The van der Waals surface area contributed by atoms with Gasteiger partial charge >= 0.3 is 0 Å². The molecule has 2 nitrogen and oxygen atoms in total. The summed E-state index contributed by atoms with van der Waals surface area (Å²) >= 11 is 0. The first-order chi connectivity index (χ1) is 10.3. The lowest BCUT2D eigenvalue weighted by Crippen LogP contribution is -2.27. The summed E-state index contributed by atoms with van der Waals surface area (Å²) in [5, 5.41) is 3.64. The molecule has 0 aromatic heterocycles. The Morgan fingerprint density at radius 3 is 2.52 bits per heavy atom. The second-order valence-electron chi connectivity index (χ2n) is 6.20. The van der Waals surface area contributed by atoms with Gasteiger partial charge in [0.1, 0.15) is 0 Å². The highest BCUT2D eigenvalue weighted by molar-refractivity contribution is 5.14. The van der Waals surface area contributed by atoms with Gasteiger partial charge in [-0.3, -0.25) is 0 Å². The molecule has 1 atom stereocenters. The third-order valence-corrected chi connectivity index (χ3v) is 4.16. The van der Waals surface area contributed by atoms with Gasteiger partial charge in [-0.05, 0) is 51.0 Å². The summed E-state index contributed by atoms with van der Waals surface area (Å²) in [6.45, 7) is 9.14. The van der Waals surface area contributed by atoms with Crippen molar-refractivity contribution in [1.82, 2.24) is 10.2 Å². The van der Waals surface area contributed by atoms with Crippen LogP contribution in [0.5, 0.6) is 0 Å². The number of rotatable bonds is 12. The van der Waals surface area contributed by atoms with E-state index in [2.05, 4.69) is 61.4 Å². The van der Waals surface area contributed by atoms with Crippen molar-refractivity contribution in [2.45, 2.75) is 52.5 Å². The molecule has 0 saturated heterocycles. The van der Waals surface area contributed by atoms with Crippen LogP contribution in [0.4, 0.5) is 0 Å². The number of benzene rings is 1. The first kappa shape index (κ1) is 18.2. The van der Waals surface area contributed by atoms with E-state index >= 15 is 0 Å². The first-order valence-electron chi connectivity index (χ1n) is 8.69. The number of unbranched alkanes of at least 4 members (excludes halogenated alkanes) is 1. The van der Waals surface area contributed by atoms with E-state index in [1.807, 2.05) is 0 Å². The highest BCUT2D eigenvalue weighted by atomic mass is 15.1. The lowest BCUT2D eigenvalue weighted by Gasteiger charge is -2.18. The summed E-state index contributed by atoms with van der Waals surface area (Å²) in [6, 6.07) is 10.7. The van der Waals surface area contributed by atoms with Gasteiger partial charge in [0.2, 0.25) is 0 Å². The van der Waals surface area contributed by atoms with Crippen LogP contribution in [-0.4, -0.2) is 31.6 Å². The summed E-state index contributed by atoms with van der Waals surface area (Å²) < 4.78 is 0. The molecule has 1 unspecified atom stereocenters. The van der Waals surface area contributed by atoms with Crippen molar-refractivity contribution in [3.05, 3.63) is 35.9 Å². The second kappa shape index (κ2) is 11.8. The van der Waals surface area contributed by atoms with Gasteiger partial charge in [-0.25, -0.2) is 0 Å². The lowest BCUT2D eigenvalue weighted by atomic mass is 9.99. The van der Waals surface area contributed by atoms with Crippen molar-refractivity contribution in [3.63, 3.8) is 0 Å². The van der Waals surface area contributed by atoms with Crippen molar-refractivity contribution in [2.75, 3.05) is 26.7 Å². The molecule has 1 N–H and O–H groups in total. The summed E-state index contributed by atoms with van der Waals surface area (Å²) in [6.07, 6.45) is 6.61. The molecule has 0 radical (unpaired) electrons. The van der Waals surface area contributed by atoms with Crippen LogP contribution in [0.15, 0.2) is 30.3 Å². The predicted octanol–water partition coefficient (Wildman–Crippen LogP) is 4.31. The molecule has 120 valence electrons. The van der Waals surface area contributed by atoms with E-state index in [1.54, 1.807) is 0 Å². The average molecular weight is 290 g/mol. The van der Waals surface area contributed by atoms with E-state index in [0.717, 1.165) is 25.6 Å². The third-order valence-electron chi connectivity index (χ3n) is 4.16. The van der Waals surface area contributed by atoms with Crippen LogP contribution in [0.25, 0.3) is 0 Å². The molecule has 2 heteroatoms. The van der Waals surface area contributed by atoms with Crippen LogP contribution >= 0.6 is 0 Å². The van der Waals surface area contributed by atoms with E-state index in [0.29, 0.717) is 0 Å². The maximum absolute atomic E-state index is 3.64. The molecule has 1 aromatic rings. The maximum Gasteiger partial charge on any atom is 0.0230 e. The van der Waals surface area contributed by atoms with Crippen LogP contribution in [0.2, 0.25) is 0 Å². The molecule has 0 aliphatic heterocycles. The SMILES string of the molecule is CCCCC(CC)CNCCCN(C)Cc1ccccc1. The number of hydrogen-bond acceptors (Lipinski definition) is 2. The third kappa shape index (κ3) is 8.90. The fourth-order valence-corrected chi connectivity index (χ4v) is 2.70. The minimum absolute atomic E-state index is 0.868. The Morgan fingerprint density at radius 1 is 1.10 bits per heavy atom. The van der Waals surface area contributed by atoms with Gasteiger partial charge in [0.25, 0.3) is 0 Å². The zero-order chi connectivity index (χ0) is 15.3. The van der Waals surface area contributed by atoms with E-state index in [9.17, 15) is 0 Å². The van der Waals surface area contributed by atoms with Gasteiger partial charge in [-0.2, -0.15) is 0 Å². The molecular weight excluding hydrogens is 256 g/mol. The van der Waals surface area contributed by atoms with Crippen LogP contribution in [-0.2, 0) is 6.54 Å². The molecule has 1 rings (SSSR count). The van der Waals surface area contributed by atoms with E-state index in [1.165, 1.54) is 44.2 Å². The quantitative estimate of drug-likeness (QED) is 0.577. The Bertz CT molecular complexity index is 337. The lowest BCUT2D eigenvalue weighted by molar-refractivity contribution is 0.316. The summed E-state index contributed by atoms with van der Waals surface area (Å²) in [5.74, 6) is 0.868. The van der Waals surface area contributed by atoms with Crippen molar-refractivity contribution >= 4 is 0 Å². The maximum atomic E-state index is 3.64. The molecule has 0 heterocycles. The standard InChI is InChI=1S/C19H34N2/c1-4-6-11-18(5-2)16-20-14-10-15-21(3)17-19-12-8-7-9-13-19/h7-9,12-13,18,20H,4-6,10-11,14-17H2,1-3H3. The monoisotopic (exact) mass is 290 g/mol. The zero-order valence-electron chi connectivity index (χ0n) is 14.3. The Balaban J connectivity index is 2.05. The van der Waals surface area contributed by atoms with Gasteiger partial charge in [-0.15, -0.1) is 0 Å². The number of nitrogens with one attached hydrogen (secondary N) is 1. The largest absolute Gasteiger partial charge is 0.316 e. The van der Waals surface area contributed by atoms with Gasteiger partial charge < -0.3 is 10.2 Å². The van der Waals surface area contributed by atoms with Crippen molar-refractivity contribution in [3.8, 4) is 0 Å². The average Bonchev–Trinajstić information content (AvgIpc) is 2.51. The molecule has 21 heavy (non-hydrogen) atoms. The normalized spacial score (nSPS) is 12.8. The highest BCUT2D eigenvalue weighted by Gasteiger charge is 2.05. The molecule has 0 amide bonds. The molecule has 0 aliphatic carbocycles. The molecule has 0 fully saturated rings. The van der Waals surface area contributed by atoms with Gasteiger partial charge in [0, 0.05) is 6.54 Å². The van der Waals surface area contributed by atoms with E-state index in [-0.39, 0.29) is 0 Å². The number of hydrogen-bond donors (Lipinski definition) is 1. The Morgan fingerprint density at radius 2 is 1.86 bits per heavy atom. The minimum atomic E-state index is 0.868. The van der Waals surface area contributed by atoms with Crippen LogP contribution in [0.1, 0.15) is 51.5 Å². The predicted molar refractivity (Wildman–Crippen MR) is 93.6 cm³/mol.